The fraction of sp³-hybridized carbons (Fsp3) is 0.0500. The standard InChI is InChI=1S/C40H30/c1-27-11-9-17-31(23-27)33-19-21-35-37(25-33)39(29-13-5-3-6-14-29)36-22-20-34(32-18-10-12-28(2)24-32)26-38(36)40(35)30-15-7-4-8-16-30/h3-26H,1-2H3. The molecule has 0 nitrogen and oxygen atoms in total. The van der Waals surface area contributed by atoms with Crippen LogP contribution in [-0.4, -0.2) is 0 Å². The summed E-state index contributed by atoms with van der Waals surface area (Å²) in [4.78, 5) is 0. The molecule has 0 heterocycles. The van der Waals surface area contributed by atoms with Crippen molar-refractivity contribution in [1.82, 2.24) is 0 Å². The second-order valence-electron chi connectivity index (χ2n) is 10.7. The van der Waals surface area contributed by atoms with Crippen LogP contribution in [0.15, 0.2) is 146 Å². The van der Waals surface area contributed by atoms with Crippen molar-refractivity contribution < 1.29 is 0 Å². The van der Waals surface area contributed by atoms with Crippen molar-refractivity contribution in [3.63, 3.8) is 0 Å². The van der Waals surface area contributed by atoms with Crippen LogP contribution in [0.4, 0.5) is 0 Å². The Morgan fingerprint density at radius 1 is 0.275 bits per heavy atom. The number of aryl methyl sites for hydroxylation is 2. The van der Waals surface area contributed by atoms with Gasteiger partial charge < -0.3 is 0 Å². The molecule has 0 atom stereocenters. The summed E-state index contributed by atoms with van der Waals surface area (Å²) >= 11 is 0. The zero-order valence-corrected chi connectivity index (χ0v) is 22.9. The molecule has 0 unspecified atom stereocenters. The molecule has 40 heavy (non-hydrogen) atoms. The average Bonchev–Trinajstić information content (AvgIpc) is 3.00. The largest absolute Gasteiger partial charge is 0.0622 e. The Bertz CT molecular complexity index is 1850. The normalized spacial score (nSPS) is 11.2. The van der Waals surface area contributed by atoms with E-state index in [4.69, 9.17) is 0 Å². The quantitative estimate of drug-likeness (QED) is 0.207. The Morgan fingerprint density at radius 2 is 0.650 bits per heavy atom. The molecule has 0 N–H and O–H groups in total. The first-order valence-electron chi connectivity index (χ1n) is 13.9. The minimum Gasteiger partial charge on any atom is -0.0622 e. The number of hydrogen-bond acceptors (Lipinski definition) is 0. The van der Waals surface area contributed by atoms with Crippen molar-refractivity contribution in [2.45, 2.75) is 13.8 Å². The maximum atomic E-state index is 2.40. The van der Waals surface area contributed by atoms with E-state index in [-0.39, 0.29) is 0 Å². The van der Waals surface area contributed by atoms with Crippen LogP contribution < -0.4 is 0 Å². The van der Waals surface area contributed by atoms with Gasteiger partial charge >= 0.3 is 0 Å². The zero-order valence-electron chi connectivity index (χ0n) is 22.9. The first-order chi connectivity index (χ1) is 19.7. The lowest BCUT2D eigenvalue weighted by Gasteiger charge is -2.20. The van der Waals surface area contributed by atoms with Gasteiger partial charge in [-0.2, -0.15) is 0 Å². The molecule has 7 rings (SSSR count). The molecule has 0 radical (unpaired) electrons. The Labute approximate surface area is 236 Å². The molecule has 0 aliphatic carbocycles. The summed E-state index contributed by atoms with van der Waals surface area (Å²) in [5.74, 6) is 0. The van der Waals surface area contributed by atoms with Gasteiger partial charge in [-0.15, -0.1) is 0 Å². The second kappa shape index (κ2) is 9.98. The summed E-state index contributed by atoms with van der Waals surface area (Å²) in [6, 6.07) is 53.3. The maximum Gasteiger partial charge on any atom is -0.00261 e. The van der Waals surface area contributed by atoms with Crippen molar-refractivity contribution in [3.8, 4) is 44.5 Å². The van der Waals surface area contributed by atoms with Crippen LogP contribution in [0.3, 0.4) is 0 Å². The van der Waals surface area contributed by atoms with E-state index in [1.807, 2.05) is 0 Å². The molecular weight excluding hydrogens is 480 g/mol. The van der Waals surface area contributed by atoms with Crippen molar-refractivity contribution in [3.05, 3.63) is 157 Å². The van der Waals surface area contributed by atoms with Crippen molar-refractivity contribution in [1.29, 1.82) is 0 Å². The smallest absolute Gasteiger partial charge is 0.00261 e. The third-order valence-electron chi connectivity index (χ3n) is 7.94. The van der Waals surface area contributed by atoms with E-state index in [2.05, 4.69) is 159 Å². The zero-order chi connectivity index (χ0) is 27.1. The summed E-state index contributed by atoms with van der Waals surface area (Å²) < 4.78 is 0. The average molecular weight is 511 g/mol. The number of benzene rings is 7. The van der Waals surface area contributed by atoms with Crippen molar-refractivity contribution in [2.24, 2.45) is 0 Å². The van der Waals surface area contributed by atoms with Crippen LogP contribution in [0.5, 0.6) is 0 Å². The van der Waals surface area contributed by atoms with Gasteiger partial charge in [0.15, 0.2) is 0 Å². The van der Waals surface area contributed by atoms with E-state index in [1.54, 1.807) is 0 Å². The molecule has 0 aromatic heterocycles. The fourth-order valence-corrected chi connectivity index (χ4v) is 6.07. The van der Waals surface area contributed by atoms with Crippen LogP contribution in [0, 0.1) is 13.8 Å². The minimum absolute atomic E-state index is 1.24. The van der Waals surface area contributed by atoms with Crippen molar-refractivity contribution >= 4 is 21.5 Å². The third kappa shape index (κ3) is 4.28. The van der Waals surface area contributed by atoms with Crippen LogP contribution in [0.25, 0.3) is 66.1 Å². The molecule has 7 aromatic rings. The lowest BCUT2D eigenvalue weighted by molar-refractivity contribution is 1.47. The van der Waals surface area contributed by atoms with E-state index in [0.29, 0.717) is 0 Å². The molecule has 0 spiro atoms. The van der Waals surface area contributed by atoms with Crippen LogP contribution in [0.2, 0.25) is 0 Å². The maximum absolute atomic E-state index is 2.40. The van der Waals surface area contributed by atoms with Crippen LogP contribution in [0.1, 0.15) is 11.1 Å². The molecule has 0 saturated carbocycles. The highest BCUT2D eigenvalue weighted by atomic mass is 14.2. The molecule has 0 bridgehead atoms. The highest BCUT2D eigenvalue weighted by Crippen LogP contribution is 2.45. The summed E-state index contributed by atoms with van der Waals surface area (Å²) in [5, 5.41) is 5.10. The predicted molar refractivity (Wildman–Crippen MR) is 173 cm³/mol. The number of hydrogen-bond donors (Lipinski definition) is 0. The van der Waals surface area contributed by atoms with Crippen LogP contribution >= 0.6 is 0 Å². The van der Waals surface area contributed by atoms with Gasteiger partial charge in [-0.1, -0.05) is 145 Å². The molecule has 7 aromatic carbocycles. The summed E-state index contributed by atoms with van der Waals surface area (Å²) in [6.45, 7) is 4.32. The predicted octanol–water partition coefficient (Wildman–Crippen LogP) is 11.3. The molecule has 190 valence electrons. The topological polar surface area (TPSA) is 0 Å². The van der Waals surface area contributed by atoms with Crippen molar-refractivity contribution in [2.75, 3.05) is 0 Å². The summed E-state index contributed by atoms with van der Waals surface area (Å²) in [7, 11) is 0. The van der Waals surface area contributed by atoms with Gasteiger partial charge in [0.2, 0.25) is 0 Å². The van der Waals surface area contributed by atoms with Gasteiger partial charge in [0, 0.05) is 0 Å². The monoisotopic (exact) mass is 510 g/mol. The summed E-state index contributed by atoms with van der Waals surface area (Å²) in [5.41, 5.74) is 12.6. The van der Waals surface area contributed by atoms with Gasteiger partial charge in [-0.3, -0.25) is 0 Å². The second-order valence-corrected chi connectivity index (χ2v) is 10.7. The van der Waals surface area contributed by atoms with Gasteiger partial charge in [0.05, 0.1) is 0 Å². The third-order valence-corrected chi connectivity index (χ3v) is 7.94. The van der Waals surface area contributed by atoms with Crippen LogP contribution in [-0.2, 0) is 0 Å². The Kier molecular flexibility index (Phi) is 6.02. The van der Waals surface area contributed by atoms with Gasteiger partial charge in [-0.05, 0) is 92.0 Å². The van der Waals surface area contributed by atoms with E-state index in [0.717, 1.165) is 0 Å². The molecule has 0 aliphatic rings. The molecule has 0 fully saturated rings. The number of rotatable bonds is 4. The van der Waals surface area contributed by atoms with E-state index in [1.165, 1.54) is 77.2 Å². The van der Waals surface area contributed by atoms with E-state index >= 15 is 0 Å². The first kappa shape index (κ1) is 24.1. The highest BCUT2D eigenvalue weighted by Gasteiger charge is 2.18. The highest BCUT2D eigenvalue weighted by molar-refractivity contribution is 6.22. The number of fused-ring (bicyclic) bond motifs is 2. The van der Waals surface area contributed by atoms with Gasteiger partial charge in [-0.25, -0.2) is 0 Å². The van der Waals surface area contributed by atoms with E-state index < -0.39 is 0 Å². The molecule has 0 amide bonds. The Balaban J connectivity index is 1.63. The minimum atomic E-state index is 1.24. The SMILES string of the molecule is Cc1cccc(-c2ccc3c(-c4ccccc4)c4cc(-c5cccc(C)c5)ccc4c(-c4ccccc4)c3c2)c1. The molecule has 0 saturated heterocycles. The molecule has 0 aliphatic heterocycles. The van der Waals surface area contributed by atoms with Gasteiger partial charge in [0.1, 0.15) is 0 Å². The lowest BCUT2D eigenvalue weighted by atomic mass is 9.84. The molecular formula is C40H30. The summed E-state index contributed by atoms with van der Waals surface area (Å²) in [6.07, 6.45) is 0. The first-order valence-corrected chi connectivity index (χ1v) is 13.9. The fourth-order valence-electron chi connectivity index (χ4n) is 6.07. The van der Waals surface area contributed by atoms with Gasteiger partial charge in [0.25, 0.3) is 0 Å². The lowest BCUT2D eigenvalue weighted by Crippen LogP contribution is -1.92. The Hall–Kier alpha value is -4.94. The molecule has 0 heteroatoms. The Morgan fingerprint density at radius 3 is 1.05 bits per heavy atom. The van der Waals surface area contributed by atoms with E-state index in [9.17, 15) is 0 Å².